The van der Waals surface area contributed by atoms with Crippen LogP contribution in [-0.4, -0.2) is 21.7 Å². The Morgan fingerprint density at radius 1 is 1.12 bits per heavy atom. The van der Waals surface area contributed by atoms with Gasteiger partial charge in [-0.15, -0.1) is 0 Å². The number of rotatable bonds is 3. The van der Waals surface area contributed by atoms with Gasteiger partial charge >= 0.3 is 0 Å². The molecule has 1 aliphatic rings. The summed E-state index contributed by atoms with van der Waals surface area (Å²) in [5.74, 6) is -0.646. The number of imide groups is 1. The Hall–Kier alpha value is -2.40. The Bertz CT molecular complexity index is 933. The van der Waals surface area contributed by atoms with Gasteiger partial charge in [0.05, 0.1) is 12.5 Å². The molecule has 1 fully saturated rings. The van der Waals surface area contributed by atoms with Crippen LogP contribution in [0.4, 0.5) is 0 Å². The smallest absolute Gasteiger partial charge is 0.237 e. The summed E-state index contributed by atoms with van der Waals surface area (Å²) in [7, 11) is 0. The lowest BCUT2D eigenvalue weighted by molar-refractivity contribution is -0.139. The number of fused-ring (bicyclic) bond motifs is 1. The first-order chi connectivity index (χ1) is 11.6. The molecule has 3 aromatic rings. The third-order valence-electron chi connectivity index (χ3n) is 4.48. The zero-order valence-corrected chi connectivity index (χ0v) is 14.4. The first kappa shape index (κ1) is 15.1. The van der Waals surface area contributed by atoms with E-state index in [1.807, 2.05) is 54.7 Å². The van der Waals surface area contributed by atoms with Crippen LogP contribution in [0.3, 0.4) is 0 Å². The molecule has 2 amide bonds. The van der Waals surface area contributed by atoms with E-state index in [-0.39, 0.29) is 18.2 Å². The van der Waals surface area contributed by atoms with Crippen molar-refractivity contribution >= 4 is 38.6 Å². The zero-order chi connectivity index (χ0) is 16.7. The maximum Gasteiger partial charge on any atom is 0.237 e. The first-order valence-electron chi connectivity index (χ1n) is 7.78. The zero-order valence-electron chi connectivity index (χ0n) is 12.8. The van der Waals surface area contributed by atoms with Gasteiger partial charge in [-0.3, -0.25) is 14.5 Å². The average Bonchev–Trinajstić information content (AvgIpc) is 3.11. The van der Waals surface area contributed by atoms with E-state index in [9.17, 15) is 9.59 Å². The molecule has 1 aliphatic heterocycles. The van der Waals surface area contributed by atoms with Crippen LogP contribution in [0, 0.1) is 0 Å². The summed E-state index contributed by atoms with van der Waals surface area (Å²) in [5.41, 5.74) is 2.82. The topological polar surface area (TPSA) is 53.2 Å². The van der Waals surface area contributed by atoms with Crippen molar-refractivity contribution in [3.05, 3.63) is 70.3 Å². The molecule has 0 bridgehead atoms. The molecule has 4 nitrogen and oxygen atoms in total. The molecule has 0 radical (unpaired) electrons. The lowest BCUT2D eigenvalue weighted by Crippen LogP contribution is -2.29. The molecule has 0 saturated carbocycles. The third-order valence-corrected chi connectivity index (χ3v) is 4.97. The highest BCUT2D eigenvalue weighted by Crippen LogP contribution is 2.35. The number of aromatic nitrogens is 1. The summed E-state index contributed by atoms with van der Waals surface area (Å²) >= 11 is 3.47. The standard InChI is InChI=1S/C19H15BrN2O2/c20-13-6-7-17-14(8-13)16(10-21-17)15-9-18(23)22(19(15)24)11-12-4-2-1-3-5-12/h1-8,10,15,21H,9,11H2. The summed E-state index contributed by atoms with van der Waals surface area (Å²) in [6.07, 6.45) is 2.07. The summed E-state index contributed by atoms with van der Waals surface area (Å²) in [6, 6.07) is 15.5. The van der Waals surface area contributed by atoms with Gasteiger partial charge in [0.15, 0.2) is 0 Å². The molecule has 1 aromatic heterocycles. The van der Waals surface area contributed by atoms with Gasteiger partial charge in [0.2, 0.25) is 11.8 Å². The Labute approximate surface area is 147 Å². The molecule has 120 valence electrons. The third kappa shape index (κ3) is 2.55. The molecule has 1 atom stereocenters. The Kier molecular flexibility index (Phi) is 3.73. The largest absolute Gasteiger partial charge is 0.361 e. The highest BCUT2D eigenvalue weighted by molar-refractivity contribution is 9.10. The van der Waals surface area contributed by atoms with E-state index >= 15 is 0 Å². The lowest BCUT2D eigenvalue weighted by atomic mass is 9.97. The van der Waals surface area contributed by atoms with Crippen LogP contribution in [0.5, 0.6) is 0 Å². The molecule has 1 N–H and O–H groups in total. The Morgan fingerprint density at radius 2 is 1.92 bits per heavy atom. The molecule has 2 heterocycles. The molecule has 5 heteroatoms. The van der Waals surface area contributed by atoms with Crippen LogP contribution in [0.2, 0.25) is 0 Å². The van der Waals surface area contributed by atoms with E-state index in [4.69, 9.17) is 0 Å². The van der Waals surface area contributed by atoms with Crippen molar-refractivity contribution in [1.82, 2.24) is 9.88 Å². The number of benzene rings is 2. The number of halogens is 1. The van der Waals surface area contributed by atoms with E-state index in [2.05, 4.69) is 20.9 Å². The van der Waals surface area contributed by atoms with Gasteiger partial charge in [0.25, 0.3) is 0 Å². The van der Waals surface area contributed by atoms with Crippen molar-refractivity contribution in [3.63, 3.8) is 0 Å². The summed E-state index contributed by atoms with van der Waals surface area (Å²) < 4.78 is 0.953. The second-order valence-corrected chi connectivity index (χ2v) is 6.91. The molecule has 4 rings (SSSR count). The molecular weight excluding hydrogens is 368 g/mol. The van der Waals surface area contributed by atoms with Gasteiger partial charge in [0, 0.05) is 28.0 Å². The normalized spacial score (nSPS) is 17.9. The highest BCUT2D eigenvalue weighted by Gasteiger charge is 2.40. The van der Waals surface area contributed by atoms with Crippen LogP contribution in [-0.2, 0) is 16.1 Å². The van der Waals surface area contributed by atoms with Crippen LogP contribution >= 0.6 is 15.9 Å². The fourth-order valence-electron chi connectivity index (χ4n) is 3.26. The number of aromatic amines is 1. The average molecular weight is 383 g/mol. The molecule has 1 saturated heterocycles. The fourth-order valence-corrected chi connectivity index (χ4v) is 3.62. The highest BCUT2D eigenvalue weighted by atomic mass is 79.9. The van der Waals surface area contributed by atoms with Crippen molar-refractivity contribution in [2.45, 2.75) is 18.9 Å². The summed E-state index contributed by atoms with van der Waals surface area (Å²) in [6.45, 7) is 0.334. The SMILES string of the molecule is O=C1CC(c2c[nH]c3ccc(Br)cc23)C(=O)N1Cc1ccccc1. The number of amides is 2. The first-order valence-corrected chi connectivity index (χ1v) is 8.57. The van der Waals surface area contributed by atoms with Crippen molar-refractivity contribution in [2.75, 3.05) is 0 Å². The molecule has 0 aliphatic carbocycles. The monoisotopic (exact) mass is 382 g/mol. The molecule has 0 spiro atoms. The Morgan fingerprint density at radius 3 is 2.71 bits per heavy atom. The molecule has 24 heavy (non-hydrogen) atoms. The number of carbonyl (C=O) groups excluding carboxylic acids is 2. The van der Waals surface area contributed by atoms with Gasteiger partial charge < -0.3 is 4.98 Å². The van der Waals surface area contributed by atoms with Gasteiger partial charge in [-0.2, -0.15) is 0 Å². The van der Waals surface area contributed by atoms with Gasteiger partial charge in [-0.05, 0) is 29.3 Å². The molecule has 2 aromatic carbocycles. The summed E-state index contributed by atoms with van der Waals surface area (Å²) in [5, 5.41) is 0.983. The van der Waals surface area contributed by atoms with E-state index in [0.717, 1.165) is 26.5 Å². The predicted octanol–water partition coefficient (Wildman–Crippen LogP) is 3.97. The minimum absolute atomic E-state index is 0.113. The number of hydrogen-bond acceptors (Lipinski definition) is 2. The number of H-pyrrole nitrogens is 1. The number of nitrogens with zero attached hydrogens (tertiary/aromatic N) is 1. The van der Waals surface area contributed by atoms with Crippen LogP contribution in [0.1, 0.15) is 23.5 Å². The fraction of sp³-hybridized carbons (Fsp3) is 0.158. The van der Waals surface area contributed by atoms with Crippen LogP contribution in [0.25, 0.3) is 10.9 Å². The van der Waals surface area contributed by atoms with E-state index in [1.165, 1.54) is 4.90 Å². The Balaban J connectivity index is 1.66. The maximum atomic E-state index is 12.8. The lowest BCUT2D eigenvalue weighted by Gasteiger charge is -2.15. The number of nitrogens with one attached hydrogen (secondary N) is 1. The quantitative estimate of drug-likeness (QED) is 0.696. The second-order valence-electron chi connectivity index (χ2n) is 5.99. The van der Waals surface area contributed by atoms with E-state index in [1.54, 1.807) is 0 Å². The van der Waals surface area contributed by atoms with Crippen molar-refractivity contribution in [1.29, 1.82) is 0 Å². The maximum absolute atomic E-state index is 12.8. The predicted molar refractivity (Wildman–Crippen MR) is 95.4 cm³/mol. The van der Waals surface area contributed by atoms with Gasteiger partial charge in [-0.25, -0.2) is 0 Å². The van der Waals surface area contributed by atoms with E-state index < -0.39 is 5.92 Å². The van der Waals surface area contributed by atoms with E-state index in [0.29, 0.717) is 6.54 Å². The van der Waals surface area contributed by atoms with Gasteiger partial charge in [0.1, 0.15) is 0 Å². The minimum Gasteiger partial charge on any atom is -0.361 e. The van der Waals surface area contributed by atoms with Crippen LogP contribution < -0.4 is 0 Å². The van der Waals surface area contributed by atoms with Crippen molar-refractivity contribution in [3.8, 4) is 0 Å². The van der Waals surface area contributed by atoms with Gasteiger partial charge in [-0.1, -0.05) is 46.3 Å². The molecular formula is C19H15BrN2O2. The second kappa shape index (κ2) is 5.91. The summed E-state index contributed by atoms with van der Waals surface area (Å²) in [4.78, 5) is 29.8. The molecule has 1 unspecified atom stereocenters. The van der Waals surface area contributed by atoms with Crippen molar-refractivity contribution < 1.29 is 9.59 Å². The number of carbonyl (C=O) groups is 2. The van der Waals surface area contributed by atoms with Crippen LogP contribution in [0.15, 0.2) is 59.2 Å². The number of hydrogen-bond donors (Lipinski definition) is 1. The van der Waals surface area contributed by atoms with Crippen molar-refractivity contribution in [2.24, 2.45) is 0 Å². The minimum atomic E-state index is -0.413. The number of likely N-dealkylation sites (tertiary alicyclic amines) is 1.